The molecule has 2 aliphatic heterocycles. The summed E-state index contributed by atoms with van der Waals surface area (Å²) < 4.78 is 11.4. The summed E-state index contributed by atoms with van der Waals surface area (Å²) in [6.45, 7) is 6.20. The molecule has 0 aromatic heterocycles. The molecule has 7 heteroatoms. The maximum Gasteiger partial charge on any atom is 0.161 e. The van der Waals surface area contributed by atoms with Crippen molar-refractivity contribution < 1.29 is 14.6 Å². The largest absolute Gasteiger partial charge is 0.493 e. The third-order valence-electron chi connectivity index (χ3n) is 5.55. The average molecular weight is 410 g/mol. The lowest BCUT2D eigenvalue weighted by Gasteiger charge is -2.29. The minimum absolute atomic E-state index is 0.285. The molecule has 2 saturated heterocycles. The summed E-state index contributed by atoms with van der Waals surface area (Å²) in [7, 11) is 3.85. The van der Waals surface area contributed by atoms with Gasteiger partial charge >= 0.3 is 0 Å². The van der Waals surface area contributed by atoms with Crippen molar-refractivity contribution in [2.24, 2.45) is 0 Å². The number of aliphatic hydroxyl groups is 1. The maximum atomic E-state index is 10.3. The maximum absolute atomic E-state index is 10.3. The summed E-state index contributed by atoms with van der Waals surface area (Å²) in [5.41, 5.74) is 1.19. The Hall–Kier alpha value is -0.990. The molecule has 2 aliphatic rings. The van der Waals surface area contributed by atoms with Crippen molar-refractivity contribution in [3.63, 3.8) is 0 Å². The number of piperidine rings is 1. The number of hydrogen-bond donors (Lipinski definition) is 2. The van der Waals surface area contributed by atoms with E-state index in [0.717, 1.165) is 50.0 Å². The van der Waals surface area contributed by atoms with Crippen LogP contribution in [0.3, 0.4) is 0 Å². The summed E-state index contributed by atoms with van der Waals surface area (Å²) in [5.74, 6) is 3.71. The summed E-state index contributed by atoms with van der Waals surface area (Å²) in [5, 5.41) is 14.0. The van der Waals surface area contributed by atoms with Crippen molar-refractivity contribution in [3.8, 4) is 11.5 Å². The van der Waals surface area contributed by atoms with E-state index in [0.29, 0.717) is 18.3 Å². The minimum atomic E-state index is -0.487. The molecule has 0 radical (unpaired) electrons. The van der Waals surface area contributed by atoms with Gasteiger partial charge in [0, 0.05) is 43.7 Å². The van der Waals surface area contributed by atoms with Crippen molar-refractivity contribution in [1.82, 2.24) is 15.1 Å². The van der Waals surface area contributed by atoms with Gasteiger partial charge in [0.1, 0.15) is 12.7 Å². The summed E-state index contributed by atoms with van der Waals surface area (Å²) in [6.07, 6.45) is 1.91. The Morgan fingerprint density at radius 2 is 1.93 bits per heavy atom. The molecule has 3 rings (SSSR count). The molecule has 0 amide bonds. The van der Waals surface area contributed by atoms with Crippen LogP contribution in [0.4, 0.5) is 0 Å². The van der Waals surface area contributed by atoms with E-state index < -0.39 is 6.10 Å². The first-order chi connectivity index (χ1) is 13.6. The van der Waals surface area contributed by atoms with Crippen LogP contribution in [0.2, 0.25) is 0 Å². The van der Waals surface area contributed by atoms with Crippen LogP contribution in [0.15, 0.2) is 18.2 Å². The van der Waals surface area contributed by atoms with E-state index in [9.17, 15) is 5.11 Å². The zero-order valence-electron chi connectivity index (χ0n) is 17.2. The Balaban J connectivity index is 1.45. The van der Waals surface area contributed by atoms with Crippen molar-refractivity contribution in [1.29, 1.82) is 0 Å². The first kappa shape index (κ1) is 21.7. The summed E-state index contributed by atoms with van der Waals surface area (Å²) in [4.78, 5) is 4.69. The second-order valence-corrected chi connectivity index (χ2v) is 9.05. The lowest BCUT2D eigenvalue weighted by Crippen LogP contribution is -2.40. The van der Waals surface area contributed by atoms with Gasteiger partial charge in [-0.1, -0.05) is 6.07 Å². The van der Waals surface area contributed by atoms with E-state index in [-0.39, 0.29) is 6.61 Å². The zero-order valence-corrected chi connectivity index (χ0v) is 18.0. The number of β-amino-alcohol motifs (C(OH)–C–C–N with tert-alkyl or cyclic N) is 1. The van der Waals surface area contributed by atoms with Crippen molar-refractivity contribution in [2.45, 2.75) is 31.5 Å². The highest BCUT2D eigenvalue weighted by Gasteiger charge is 2.17. The standard InChI is InChI=1S/C21H35N3O3S/c1-23-7-5-18(6-8-23)22-14-17-3-4-20(21(13-17)26-2)27-16-19(25)15-24-9-11-28-12-10-24/h3-4,13,18-19,22,25H,5-12,14-16H2,1-2H3/t19-/m0/s1. The summed E-state index contributed by atoms with van der Waals surface area (Å²) >= 11 is 1.98. The SMILES string of the molecule is COc1cc(CNC2CCN(C)CC2)ccc1OC[C@@H](O)CN1CCSCC1. The molecule has 0 aliphatic carbocycles. The lowest BCUT2D eigenvalue weighted by atomic mass is 10.1. The highest BCUT2D eigenvalue weighted by molar-refractivity contribution is 7.99. The zero-order chi connectivity index (χ0) is 19.8. The van der Waals surface area contributed by atoms with E-state index in [4.69, 9.17) is 9.47 Å². The van der Waals surface area contributed by atoms with Gasteiger partial charge in [0.15, 0.2) is 11.5 Å². The molecule has 0 unspecified atom stereocenters. The van der Waals surface area contributed by atoms with Crippen molar-refractivity contribution >= 4 is 11.8 Å². The predicted molar refractivity (Wildman–Crippen MR) is 116 cm³/mol. The second kappa shape index (κ2) is 11.3. The molecule has 0 saturated carbocycles. The number of nitrogens with one attached hydrogen (secondary N) is 1. The highest BCUT2D eigenvalue weighted by atomic mass is 32.2. The third-order valence-corrected chi connectivity index (χ3v) is 6.49. The number of methoxy groups -OCH3 is 1. The monoisotopic (exact) mass is 409 g/mol. The second-order valence-electron chi connectivity index (χ2n) is 7.82. The first-order valence-corrected chi connectivity index (χ1v) is 11.5. The van der Waals surface area contributed by atoms with Crippen LogP contribution < -0.4 is 14.8 Å². The molecule has 2 heterocycles. The molecule has 28 heavy (non-hydrogen) atoms. The molecule has 6 nitrogen and oxygen atoms in total. The van der Waals surface area contributed by atoms with Gasteiger partial charge in [-0.15, -0.1) is 0 Å². The number of likely N-dealkylation sites (tertiary alicyclic amines) is 1. The quantitative estimate of drug-likeness (QED) is 0.643. The van der Waals surface area contributed by atoms with Crippen molar-refractivity contribution in [2.75, 3.05) is 65.0 Å². The Labute approximate surface area is 173 Å². The van der Waals surface area contributed by atoms with Crippen LogP contribution in [-0.2, 0) is 6.54 Å². The van der Waals surface area contributed by atoms with Gasteiger partial charge < -0.3 is 24.8 Å². The number of hydrogen-bond acceptors (Lipinski definition) is 7. The van der Waals surface area contributed by atoms with E-state index in [1.54, 1.807) is 7.11 Å². The fourth-order valence-electron chi connectivity index (χ4n) is 3.74. The van der Waals surface area contributed by atoms with Gasteiger partial charge in [-0.3, -0.25) is 4.90 Å². The van der Waals surface area contributed by atoms with Gasteiger partial charge in [-0.25, -0.2) is 0 Å². The first-order valence-electron chi connectivity index (χ1n) is 10.3. The van der Waals surface area contributed by atoms with Crippen LogP contribution in [-0.4, -0.2) is 92.0 Å². The van der Waals surface area contributed by atoms with Gasteiger partial charge in [0.05, 0.1) is 7.11 Å². The fourth-order valence-corrected chi connectivity index (χ4v) is 4.72. The van der Waals surface area contributed by atoms with E-state index in [2.05, 4.69) is 28.2 Å². The Kier molecular flexibility index (Phi) is 8.73. The number of thioether (sulfide) groups is 1. The normalized spacial score (nSPS) is 20.8. The van der Waals surface area contributed by atoms with Crippen LogP contribution >= 0.6 is 11.8 Å². The molecule has 0 bridgehead atoms. The average Bonchev–Trinajstić information content (AvgIpc) is 2.73. The van der Waals surface area contributed by atoms with Gasteiger partial charge in [0.25, 0.3) is 0 Å². The van der Waals surface area contributed by atoms with Crippen LogP contribution in [0.25, 0.3) is 0 Å². The third kappa shape index (κ3) is 6.81. The molecular formula is C21H35N3O3S. The minimum Gasteiger partial charge on any atom is -0.493 e. The predicted octanol–water partition coefficient (Wildman–Crippen LogP) is 1.67. The molecule has 1 atom stereocenters. The van der Waals surface area contributed by atoms with E-state index >= 15 is 0 Å². The number of benzene rings is 1. The molecule has 0 spiro atoms. The summed E-state index contributed by atoms with van der Waals surface area (Å²) in [6, 6.07) is 6.65. The molecule has 2 fully saturated rings. The number of rotatable bonds is 9. The van der Waals surface area contributed by atoms with Crippen LogP contribution in [0, 0.1) is 0 Å². The highest BCUT2D eigenvalue weighted by Crippen LogP contribution is 2.28. The molecule has 158 valence electrons. The van der Waals surface area contributed by atoms with Gasteiger partial charge in [0.2, 0.25) is 0 Å². The van der Waals surface area contributed by atoms with E-state index in [1.807, 2.05) is 23.9 Å². The van der Waals surface area contributed by atoms with Gasteiger partial charge in [-0.2, -0.15) is 11.8 Å². The van der Waals surface area contributed by atoms with E-state index in [1.165, 1.54) is 18.4 Å². The Morgan fingerprint density at radius 1 is 1.18 bits per heavy atom. The van der Waals surface area contributed by atoms with Crippen LogP contribution in [0.1, 0.15) is 18.4 Å². The number of ether oxygens (including phenoxy) is 2. The molecule has 1 aromatic rings. The number of nitrogens with zero attached hydrogens (tertiary/aromatic N) is 2. The lowest BCUT2D eigenvalue weighted by molar-refractivity contribution is 0.0705. The Morgan fingerprint density at radius 3 is 2.64 bits per heavy atom. The van der Waals surface area contributed by atoms with Crippen molar-refractivity contribution in [3.05, 3.63) is 23.8 Å². The molecule has 1 aromatic carbocycles. The number of aliphatic hydroxyl groups excluding tert-OH is 1. The smallest absolute Gasteiger partial charge is 0.161 e. The molecule has 2 N–H and O–H groups in total. The van der Waals surface area contributed by atoms with Crippen LogP contribution in [0.5, 0.6) is 11.5 Å². The Bertz CT molecular complexity index is 590. The topological polar surface area (TPSA) is 57.2 Å². The van der Waals surface area contributed by atoms with Gasteiger partial charge in [-0.05, 0) is 50.7 Å². The fraction of sp³-hybridized carbons (Fsp3) is 0.714. The molecular weight excluding hydrogens is 374 g/mol.